The number of hydrogen-bond acceptors (Lipinski definition) is 5. The van der Waals surface area contributed by atoms with Crippen LogP contribution in [0.1, 0.15) is 30.3 Å². The number of nitrogens with one attached hydrogen (secondary N) is 1. The van der Waals surface area contributed by atoms with Gasteiger partial charge in [0.15, 0.2) is 0 Å². The van der Waals surface area contributed by atoms with Crippen molar-refractivity contribution in [1.29, 1.82) is 0 Å². The van der Waals surface area contributed by atoms with Crippen LogP contribution in [0.2, 0.25) is 0 Å². The molecule has 0 radical (unpaired) electrons. The van der Waals surface area contributed by atoms with E-state index in [4.69, 9.17) is 4.74 Å². The highest BCUT2D eigenvalue weighted by molar-refractivity contribution is 5.91. The van der Waals surface area contributed by atoms with Gasteiger partial charge in [0.25, 0.3) is 5.91 Å². The lowest BCUT2D eigenvalue weighted by Crippen LogP contribution is -2.55. The second kappa shape index (κ2) is 5.41. The third kappa shape index (κ3) is 3.02. The maximum Gasteiger partial charge on any atom is 0.271 e. The first-order chi connectivity index (χ1) is 8.63. The second-order valence-electron chi connectivity index (χ2n) is 4.48. The van der Waals surface area contributed by atoms with E-state index in [1.54, 1.807) is 0 Å². The molecule has 0 spiro atoms. The van der Waals surface area contributed by atoms with Crippen LogP contribution in [0.3, 0.4) is 0 Å². The quantitative estimate of drug-likeness (QED) is 0.777. The second-order valence-corrected chi connectivity index (χ2v) is 4.48. The van der Waals surface area contributed by atoms with Crippen LogP contribution in [0, 0.1) is 0 Å². The van der Waals surface area contributed by atoms with Crippen LogP contribution in [0.25, 0.3) is 0 Å². The molecule has 2 N–H and O–H groups in total. The summed E-state index contributed by atoms with van der Waals surface area (Å²) in [6.45, 7) is 2.78. The average Bonchev–Trinajstić information content (AvgIpc) is 2.35. The Bertz CT molecular complexity index is 404. The Morgan fingerprint density at radius 1 is 1.61 bits per heavy atom. The molecule has 6 heteroatoms. The fraction of sp³-hybridized carbons (Fsp3) is 0.583. The van der Waals surface area contributed by atoms with Gasteiger partial charge in [0.1, 0.15) is 5.69 Å². The number of carbonyl (C=O) groups is 1. The van der Waals surface area contributed by atoms with Crippen LogP contribution < -0.4 is 5.32 Å². The van der Waals surface area contributed by atoms with Gasteiger partial charge in [-0.05, 0) is 6.92 Å². The van der Waals surface area contributed by atoms with Crippen molar-refractivity contribution in [2.24, 2.45) is 0 Å². The number of carbonyl (C=O) groups excluding carboxylic acids is 1. The summed E-state index contributed by atoms with van der Waals surface area (Å²) in [4.78, 5) is 19.4. The highest BCUT2D eigenvalue weighted by Gasteiger charge is 2.43. The summed E-state index contributed by atoms with van der Waals surface area (Å²) in [5.74, 6) is -0.323. The zero-order valence-electron chi connectivity index (χ0n) is 10.3. The zero-order chi connectivity index (χ0) is 13.0. The summed E-state index contributed by atoms with van der Waals surface area (Å²) in [6, 6.07) is 0. The van der Waals surface area contributed by atoms with Crippen LogP contribution in [0.5, 0.6) is 0 Å². The van der Waals surface area contributed by atoms with Gasteiger partial charge in [-0.25, -0.2) is 4.98 Å². The highest BCUT2D eigenvalue weighted by Crippen LogP contribution is 2.33. The predicted octanol–water partition coefficient (Wildman–Crippen LogP) is 0.136. The molecule has 0 saturated heterocycles. The lowest BCUT2D eigenvalue weighted by molar-refractivity contribution is -0.133. The lowest BCUT2D eigenvalue weighted by Gasteiger charge is -2.43. The Labute approximate surface area is 105 Å². The summed E-state index contributed by atoms with van der Waals surface area (Å²) in [6.07, 6.45) is 5.57. The number of aromatic nitrogens is 2. The van der Waals surface area contributed by atoms with Gasteiger partial charge in [0.05, 0.1) is 17.9 Å². The molecule has 1 aromatic rings. The minimum absolute atomic E-state index is 0.105. The Balaban J connectivity index is 1.77. The van der Waals surface area contributed by atoms with Crippen LogP contribution in [0.4, 0.5) is 0 Å². The molecule has 2 rings (SSSR count). The summed E-state index contributed by atoms with van der Waals surface area (Å²) >= 11 is 0. The topological polar surface area (TPSA) is 84.3 Å². The van der Waals surface area contributed by atoms with Gasteiger partial charge in [-0.1, -0.05) is 0 Å². The summed E-state index contributed by atoms with van der Waals surface area (Å²) < 4.78 is 5.37. The third-order valence-corrected chi connectivity index (χ3v) is 2.99. The summed E-state index contributed by atoms with van der Waals surface area (Å²) in [5, 5.41) is 12.7. The monoisotopic (exact) mass is 251 g/mol. The van der Waals surface area contributed by atoms with E-state index in [0.29, 0.717) is 19.4 Å². The van der Waals surface area contributed by atoms with Crippen LogP contribution in [0.15, 0.2) is 18.6 Å². The lowest BCUT2D eigenvalue weighted by atomic mass is 9.77. The van der Waals surface area contributed by atoms with Gasteiger partial charge in [0.2, 0.25) is 0 Å². The SMILES string of the molecule is CCOC1CC(O)(CNC(=O)c2cnccn2)C1. The van der Waals surface area contributed by atoms with Crippen molar-refractivity contribution in [3.05, 3.63) is 24.3 Å². The molecule has 1 saturated carbocycles. The minimum Gasteiger partial charge on any atom is -0.388 e. The van der Waals surface area contributed by atoms with E-state index in [9.17, 15) is 9.90 Å². The van der Waals surface area contributed by atoms with Crippen molar-refractivity contribution in [2.45, 2.75) is 31.5 Å². The van der Waals surface area contributed by atoms with Crippen molar-refractivity contribution in [1.82, 2.24) is 15.3 Å². The van der Waals surface area contributed by atoms with Gasteiger partial charge < -0.3 is 15.2 Å². The molecular formula is C12H17N3O3. The summed E-state index contributed by atoms with van der Waals surface area (Å²) in [7, 11) is 0. The molecule has 1 aliphatic carbocycles. The first kappa shape index (κ1) is 12.9. The van der Waals surface area contributed by atoms with Crippen molar-refractivity contribution in [3.8, 4) is 0 Å². The Hall–Kier alpha value is -1.53. The van der Waals surface area contributed by atoms with Gasteiger partial charge >= 0.3 is 0 Å². The first-order valence-electron chi connectivity index (χ1n) is 6.01. The minimum atomic E-state index is -0.849. The van der Waals surface area contributed by atoms with E-state index in [0.717, 1.165) is 0 Å². The Morgan fingerprint density at radius 3 is 3.00 bits per heavy atom. The fourth-order valence-corrected chi connectivity index (χ4v) is 2.04. The highest BCUT2D eigenvalue weighted by atomic mass is 16.5. The number of ether oxygens (including phenoxy) is 1. The number of aliphatic hydroxyl groups is 1. The molecule has 18 heavy (non-hydrogen) atoms. The molecule has 1 heterocycles. The molecule has 6 nitrogen and oxygen atoms in total. The van der Waals surface area contributed by atoms with Gasteiger partial charge in [-0.2, -0.15) is 0 Å². The fourth-order valence-electron chi connectivity index (χ4n) is 2.04. The van der Waals surface area contributed by atoms with E-state index < -0.39 is 5.60 Å². The smallest absolute Gasteiger partial charge is 0.271 e. The van der Waals surface area contributed by atoms with Crippen LogP contribution >= 0.6 is 0 Å². The molecule has 98 valence electrons. The van der Waals surface area contributed by atoms with Crippen LogP contribution in [-0.4, -0.2) is 45.8 Å². The molecule has 0 aliphatic heterocycles. The number of nitrogens with zero attached hydrogens (tertiary/aromatic N) is 2. The predicted molar refractivity (Wildman–Crippen MR) is 64.0 cm³/mol. The van der Waals surface area contributed by atoms with Gasteiger partial charge in [-0.15, -0.1) is 0 Å². The largest absolute Gasteiger partial charge is 0.388 e. The van der Waals surface area contributed by atoms with Gasteiger partial charge in [0, 0.05) is 38.4 Å². The molecule has 0 aromatic carbocycles. The molecule has 0 atom stereocenters. The molecule has 1 fully saturated rings. The van der Waals surface area contributed by atoms with Crippen molar-refractivity contribution < 1.29 is 14.6 Å². The molecule has 1 amide bonds. The standard InChI is InChI=1S/C12H17N3O3/c1-2-18-9-5-12(17,6-9)8-15-11(16)10-7-13-3-4-14-10/h3-4,7,9,17H,2,5-6,8H2,1H3,(H,15,16). The van der Waals surface area contributed by atoms with E-state index in [2.05, 4.69) is 15.3 Å². The van der Waals surface area contributed by atoms with Gasteiger partial charge in [-0.3, -0.25) is 9.78 Å². The average molecular weight is 251 g/mol. The maximum absolute atomic E-state index is 11.7. The Kier molecular flexibility index (Phi) is 3.88. The molecule has 0 unspecified atom stereocenters. The molecule has 1 aliphatic rings. The van der Waals surface area contributed by atoms with E-state index in [1.807, 2.05) is 6.92 Å². The zero-order valence-corrected chi connectivity index (χ0v) is 10.3. The van der Waals surface area contributed by atoms with E-state index in [-0.39, 0.29) is 24.2 Å². The van der Waals surface area contributed by atoms with Crippen molar-refractivity contribution in [3.63, 3.8) is 0 Å². The normalized spacial score (nSPS) is 26.4. The molecular weight excluding hydrogens is 234 g/mol. The first-order valence-corrected chi connectivity index (χ1v) is 6.01. The van der Waals surface area contributed by atoms with E-state index in [1.165, 1.54) is 18.6 Å². The van der Waals surface area contributed by atoms with E-state index >= 15 is 0 Å². The van der Waals surface area contributed by atoms with Crippen molar-refractivity contribution >= 4 is 5.91 Å². The van der Waals surface area contributed by atoms with Crippen LogP contribution in [-0.2, 0) is 4.74 Å². The molecule has 1 aromatic heterocycles. The maximum atomic E-state index is 11.7. The number of rotatable bonds is 5. The third-order valence-electron chi connectivity index (χ3n) is 2.99. The van der Waals surface area contributed by atoms with Crippen molar-refractivity contribution in [2.75, 3.05) is 13.2 Å². The number of amides is 1. The molecule has 0 bridgehead atoms. The Morgan fingerprint density at radius 2 is 2.39 bits per heavy atom. The summed E-state index contributed by atoms with van der Waals surface area (Å²) in [5.41, 5.74) is -0.598. The number of hydrogen-bond donors (Lipinski definition) is 2.